The van der Waals surface area contributed by atoms with Crippen LogP contribution in [0, 0.1) is 17.2 Å². The Balaban J connectivity index is 3.04. The molecule has 0 aromatic heterocycles. The maximum absolute atomic E-state index is 8.17. The molecular formula is C17H23N. The second-order valence-electron chi connectivity index (χ2n) is 5.21. The van der Waals surface area contributed by atoms with E-state index in [-0.39, 0.29) is 0 Å². The minimum absolute atomic E-state index is 0.393. The lowest BCUT2D eigenvalue weighted by Gasteiger charge is -2.18. The predicted octanol–water partition coefficient (Wildman–Crippen LogP) is 4.85. The van der Waals surface area contributed by atoms with Crippen LogP contribution < -0.4 is 0 Å². The second kappa shape index (κ2) is 6.34. The number of hydrogen-bond donors (Lipinski definition) is 1. The third-order valence-electron chi connectivity index (χ3n) is 3.07. The quantitative estimate of drug-likeness (QED) is 0.563. The van der Waals surface area contributed by atoms with E-state index in [1.807, 2.05) is 36.4 Å². The summed E-state index contributed by atoms with van der Waals surface area (Å²) in [6.07, 6.45) is 1.96. The zero-order chi connectivity index (χ0) is 13.7. The summed E-state index contributed by atoms with van der Waals surface area (Å²) >= 11 is 0. The van der Waals surface area contributed by atoms with Crippen molar-refractivity contribution in [1.82, 2.24) is 0 Å². The molecule has 0 fully saturated rings. The third-order valence-corrected chi connectivity index (χ3v) is 3.07. The van der Waals surface area contributed by atoms with Gasteiger partial charge in [0.1, 0.15) is 0 Å². The van der Waals surface area contributed by atoms with Crippen LogP contribution >= 0.6 is 0 Å². The monoisotopic (exact) mass is 241 g/mol. The van der Waals surface area contributed by atoms with Gasteiger partial charge in [-0.3, -0.25) is 0 Å². The molecule has 1 rings (SSSR count). The molecule has 0 saturated carbocycles. The summed E-state index contributed by atoms with van der Waals surface area (Å²) in [4.78, 5) is 0. The molecule has 0 amide bonds. The van der Waals surface area contributed by atoms with E-state index in [2.05, 4.69) is 34.3 Å². The van der Waals surface area contributed by atoms with Gasteiger partial charge in [-0.15, -0.1) is 0 Å². The van der Waals surface area contributed by atoms with Gasteiger partial charge in [0.05, 0.1) is 5.71 Å². The first-order valence-electron chi connectivity index (χ1n) is 6.48. The molecule has 1 heteroatoms. The van der Waals surface area contributed by atoms with E-state index >= 15 is 0 Å². The lowest BCUT2D eigenvalue weighted by Crippen LogP contribution is -2.06. The molecule has 0 bridgehead atoms. The van der Waals surface area contributed by atoms with E-state index in [0.29, 0.717) is 17.5 Å². The normalized spacial score (nSPS) is 12.0. The van der Waals surface area contributed by atoms with Crippen molar-refractivity contribution in [2.24, 2.45) is 11.8 Å². The van der Waals surface area contributed by atoms with Gasteiger partial charge in [-0.05, 0) is 34.6 Å². The minimum Gasteiger partial charge on any atom is -0.300 e. The molecule has 0 spiro atoms. The van der Waals surface area contributed by atoms with Crippen LogP contribution in [0.25, 0.3) is 0 Å². The van der Waals surface area contributed by atoms with E-state index in [0.717, 1.165) is 11.1 Å². The Hall–Kier alpha value is -1.63. The molecule has 0 aliphatic heterocycles. The van der Waals surface area contributed by atoms with Crippen molar-refractivity contribution >= 4 is 5.71 Å². The summed E-state index contributed by atoms with van der Waals surface area (Å²) < 4.78 is 0. The van der Waals surface area contributed by atoms with Gasteiger partial charge in [-0.1, -0.05) is 64.6 Å². The van der Waals surface area contributed by atoms with Crippen LogP contribution in [0.2, 0.25) is 0 Å². The summed E-state index contributed by atoms with van der Waals surface area (Å²) in [5.41, 5.74) is 3.82. The Morgan fingerprint density at radius 3 is 2.06 bits per heavy atom. The van der Waals surface area contributed by atoms with Crippen molar-refractivity contribution in [3.05, 3.63) is 59.7 Å². The van der Waals surface area contributed by atoms with Gasteiger partial charge in [0, 0.05) is 0 Å². The number of allylic oxidation sites excluding steroid dienone is 3. The van der Waals surface area contributed by atoms with Crippen molar-refractivity contribution in [2.75, 3.05) is 0 Å². The number of rotatable bonds is 5. The van der Waals surface area contributed by atoms with Crippen molar-refractivity contribution in [3.63, 3.8) is 0 Å². The smallest absolute Gasteiger partial charge is 0.0615 e. The maximum atomic E-state index is 8.17. The fourth-order valence-corrected chi connectivity index (χ4v) is 1.82. The van der Waals surface area contributed by atoms with Crippen LogP contribution in [0.15, 0.2) is 54.1 Å². The number of benzene rings is 1. The van der Waals surface area contributed by atoms with Crippen LogP contribution in [0.3, 0.4) is 0 Å². The second-order valence-corrected chi connectivity index (χ2v) is 5.21. The summed E-state index contributed by atoms with van der Waals surface area (Å²) in [7, 11) is 0. The summed E-state index contributed by atoms with van der Waals surface area (Å²) in [6.45, 7) is 12.7. The van der Waals surface area contributed by atoms with Crippen LogP contribution in [0.4, 0.5) is 0 Å². The van der Waals surface area contributed by atoms with Crippen LogP contribution in [-0.2, 0) is 0 Å². The minimum atomic E-state index is 0.393. The van der Waals surface area contributed by atoms with Gasteiger partial charge in [0.15, 0.2) is 0 Å². The molecule has 0 radical (unpaired) electrons. The molecule has 0 saturated heterocycles. The van der Waals surface area contributed by atoms with E-state index in [1.54, 1.807) is 0 Å². The average Bonchev–Trinajstić information content (AvgIpc) is 2.35. The molecule has 0 atom stereocenters. The average molecular weight is 241 g/mol. The van der Waals surface area contributed by atoms with Crippen LogP contribution in [-0.4, -0.2) is 5.71 Å². The van der Waals surface area contributed by atoms with Gasteiger partial charge in [0.2, 0.25) is 0 Å². The van der Waals surface area contributed by atoms with E-state index in [1.165, 1.54) is 5.57 Å². The molecule has 1 N–H and O–H groups in total. The Morgan fingerprint density at radius 1 is 1.06 bits per heavy atom. The SMILES string of the molecule is C=C(/C(=C\C(=N)c1ccccc1)C(C)C)C(C)C. The predicted molar refractivity (Wildman–Crippen MR) is 80.2 cm³/mol. The Bertz CT molecular complexity index is 450. The lowest BCUT2D eigenvalue weighted by molar-refractivity contribution is 0.705. The number of hydrogen-bond acceptors (Lipinski definition) is 1. The zero-order valence-electron chi connectivity index (χ0n) is 11.8. The van der Waals surface area contributed by atoms with Crippen LogP contribution in [0.5, 0.6) is 0 Å². The largest absolute Gasteiger partial charge is 0.300 e. The van der Waals surface area contributed by atoms with Gasteiger partial charge in [-0.2, -0.15) is 0 Å². The molecular weight excluding hydrogens is 218 g/mol. The zero-order valence-corrected chi connectivity index (χ0v) is 11.8. The standard InChI is InChI=1S/C17H23N/c1-12(2)14(5)16(13(3)4)11-17(18)15-9-7-6-8-10-15/h6-13,18H,5H2,1-4H3/b16-11-,18-17?. The highest BCUT2D eigenvalue weighted by Gasteiger charge is 2.12. The molecule has 0 aliphatic carbocycles. The molecule has 0 unspecified atom stereocenters. The highest BCUT2D eigenvalue weighted by molar-refractivity contribution is 6.07. The first kappa shape index (κ1) is 14.4. The molecule has 1 nitrogen and oxygen atoms in total. The first-order chi connectivity index (χ1) is 8.43. The summed E-state index contributed by atoms with van der Waals surface area (Å²) in [5.74, 6) is 0.811. The molecule has 0 heterocycles. The summed E-state index contributed by atoms with van der Waals surface area (Å²) in [6, 6.07) is 9.83. The Morgan fingerprint density at radius 2 is 1.61 bits per heavy atom. The number of nitrogens with one attached hydrogen (secondary N) is 1. The summed E-state index contributed by atoms with van der Waals surface area (Å²) in [5, 5.41) is 8.17. The maximum Gasteiger partial charge on any atom is 0.0615 e. The van der Waals surface area contributed by atoms with Gasteiger partial charge in [-0.25, -0.2) is 0 Å². The van der Waals surface area contributed by atoms with Gasteiger partial charge < -0.3 is 5.41 Å². The lowest BCUT2D eigenvalue weighted by atomic mass is 9.88. The Labute approximate surface area is 111 Å². The van der Waals surface area contributed by atoms with Crippen molar-refractivity contribution in [3.8, 4) is 0 Å². The molecule has 18 heavy (non-hydrogen) atoms. The van der Waals surface area contributed by atoms with E-state index in [9.17, 15) is 0 Å². The Kier molecular flexibility index (Phi) is 5.08. The molecule has 1 aromatic rings. The fourth-order valence-electron chi connectivity index (χ4n) is 1.82. The van der Waals surface area contributed by atoms with Gasteiger partial charge in [0.25, 0.3) is 0 Å². The van der Waals surface area contributed by atoms with E-state index in [4.69, 9.17) is 5.41 Å². The van der Waals surface area contributed by atoms with Crippen molar-refractivity contribution in [2.45, 2.75) is 27.7 Å². The third kappa shape index (κ3) is 3.69. The molecule has 1 aromatic carbocycles. The van der Waals surface area contributed by atoms with Crippen molar-refractivity contribution in [1.29, 1.82) is 5.41 Å². The molecule has 0 aliphatic rings. The highest BCUT2D eigenvalue weighted by atomic mass is 14.4. The van der Waals surface area contributed by atoms with Gasteiger partial charge >= 0.3 is 0 Å². The highest BCUT2D eigenvalue weighted by Crippen LogP contribution is 2.24. The van der Waals surface area contributed by atoms with Crippen molar-refractivity contribution < 1.29 is 0 Å². The first-order valence-corrected chi connectivity index (χ1v) is 6.48. The topological polar surface area (TPSA) is 23.9 Å². The van der Waals surface area contributed by atoms with Crippen LogP contribution in [0.1, 0.15) is 33.3 Å². The molecule has 96 valence electrons. The van der Waals surface area contributed by atoms with E-state index < -0.39 is 0 Å². The fraction of sp³-hybridized carbons (Fsp3) is 0.353.